The smallest absolute Gasteiger partial charge is 0.337 e. The van der Waals surface area contributed by atoms with Crippen LogP contribution >= 0.6 is 0 Å². The van der Waals surface area contributed by atoms with Gasteiger partial charge in [0, 0.05) is 6.61 Å². The van der Waals surface area contributed by atoms with E-state index >= 15 is 0 Å². The second-order valence-corrected chi connectivity index (χ2v) is 5.46. The fourth-order valence-electron chi connectivity index (χ4n) is 1.70. The van der Waals surface area contributed by atoms with Crippen molar-refractivity contribution >= 4 is 5.97 Å². The van der Waals surface area contributed by atoms with Crippen LogP contribution in [0, 0.1) is 0 Å². The normalized spacial score (nSPS) is 13.3. The topological polar surface area (TPSA) is 46.5 Å². The first-order chi connectivity index (χ1) is 8.36. The van der Waals surface area contributed by atoms with E-state index in [2.05, 4.69) is 20.8 Å². The Balaban J connectivity index is 2.90. The maximum absolute atomic E-state index is 11.2. The zero-order chi connectivity index (χ0) is 13.8. The molecule has 0 fully saturated rings. The molecule has 0 spiro atoms. The van der Waals surface area contributed by atoms with Crippen molar-refractivity contribution in [3.63, 3.8) is 0 Å². The number of carboxylic acid groups (broad SMARTS) is 1. The van der Waals surface area contributed by atoms with Crippen LogP contribution in [0.4, 0.5) is 0 Å². The summed E-state index contributed by atoms with van der Waals surface area (Å²) < 4.78 is 5.36. The van der Waals surface area contributed by atoms with Crippen molar-refractivity contribution < 1.29 is 14.6 Å². The van der Waals surface area contributed by atoms with Crippen LogP contribution in [-0.4, -0.2) is 17.7 Å². The summed E-state index contributed by atoms with van der Waals surface area (Å²) in [6.07, 6.45) is -0.0527. The van der Waals surface area contributed by atoms with Crippen LogP contribution in [0.25, 0.3) is 0 Å². The van der Waals surface area contributed by atoms with Crippen molar-refractivity contribution in [2.24, 2.45) is 0 Å². The van der Waals surface area contributed by atoms with Gasteiger partial charge in [-0.25, -0.2) is 4.79 Å². The number of benzene rings is 1. The van der Waals surface area contributed by atoms with Gasteiger partial charge in [-0.05, 0) is 23.0 Å². The third kappa shape index (κ3) is 3.84. The van der Waals surface area contributed by atoms with Crippen molar-refractivity contribution in [1.82, 2.24) is 0 Å². The highest BCUT2D eigenvalue weighted by molar-refractivity contribution is 5.74. The molecule has 0 heterocycles. The van der Waals surface area contributed by atoms with E-state index in [0.717, 1.165) is 6.42 Å². The Bertz CT molecular complexity index is 387. The molecule has 18 heavy (non-hydrogen) atoms. The van der Waals surface area contributed by atoms with Gasteiger partial charge in [0.2, 0.25) is 0 Å². The second kappa shape index (κ2) is 6.01. The molecule has 0 saturated carbocycles. The average Bonchev–Trinajstić information content (AvgIpc) is 2.28. The Hall–Kier alpha value is -1.35. The largest absolute Gasteiger partial charge is 0.479 e. The Morgan fingerprint density at radius 2 is 1.83 bits per heavy atom. The third-order valence-electron chi connectivity index (χ3n) is 2.79. The fraction of sp³-hybridized carbons (Fsp3) is 0.533. The summed E-state index contributed by atoms with van der Waals surface area (Å²) in [5, 5.41) is 9.16. The van der Waals surface area contributed by atoms with E-state index in [9.17, 15) is 4.79 Å². The van der Waals surface area contributed by atoms with Crippen molar-refractivity contribution in [2.75, 3.05) is 6.61 Å². The Morgan fingerprint density at radius 1 is 1.28 bits per heavy atom. The van der Waals surface area contributed by atoms with Crippen molar-refractivity contribution in [3.05, 3.63) is 35.4 Å². The van der Waals surface area contributed by atoms with Gasteiger partial charge in [-0.3, -0.25) is 0 Å². The van der Waals surface area contributed by atoms with Crippen LogP contribution in [0.5, 0.6) is 0 Å². The van der Waals surface area contributed by atoms with Gasteiger partial charge in [-0.1, -0.05) is 52.0 Å². The Morgan fingerprint density at radius 3 is 2.22 bits per heavy atom. The van der Waals surface area contributed by atoms with Gasteiger partial charge in [0.05, 0.1) is 0 Å². The predicted molar refractivity (Wildman–Crippen MR) is 71.8 cm³/mol. The molecule has 0 aliphatic heterocycles. The number of ether oxygens (including phenoxy) is 1. The Labute approximate surface area is 109 Å². The molecule has 1 rings (SSSR count). The van der Waals surface area contributed by atoms with Gasteiger partial charge in [0.25, 0.3) is 0 Å². The first kappa shape index (κ1) is 14.7. The molecule has 0 bridgehead atoms. The van der Waals surface area contributed by atoms with E-state index in [1.165, 1.54) is 5.56 Å². The zero-order valence-electron chi connectivity index (χ0n) is 11.6. The van der Waals surface area contributed by atoms with Crippen LogP contribution in [0.15, 0.2) is 24.3 Å². The van der Waals surface area contributed by atoms with Crippen LogP contribution in [0.1, 0.15) is 51.3 Å². The lowest BCUT2D eigenvalue weighted by Gasteiger charge is -2.20. The molecule has 100 valence electrons. The molecule has 0 radical (unpaired) electrons. The van der Waals surface area contributed by atoms with Gasteiger partial charge < -0.3 is 9.84 Å². The summed E-state index contributed by atoms with van der Waals surface area (Å²) in [7, 11) is 0. The lowest BCUT2D eigenvalue weighted by Crippen LogP contribution is -2.17. The van der Waals surface area contributed by atoms with Crippen molar-refractivity contribution in [2.45, 2.75) is 45.6 Å². The lowest BCUT2D eigenvalue weighted by atomic mass is 9.86. The van der Waals surface area contributed by atoms with Gasteiger partial charge in [-0.2, -0.15) is 0 Å². The maximum atomic E-state index is 11.2. The minimum absolute atomic E-state index is 0.0710. The van der Waals surface area contributed by atoms with Gasteiger partial charge in [0.15, 0.2) is 6.10 Å². The van der Waals surface area contributed by atoms with Crippen LogP contribution < -0.4 is 0 Å². The third-order valence-corrected chi connectivity index (χ3v) is 2.79. The molecule has 3 heteroatoms. The maximum Gasteiger partial charge on any atom is 0.337 e. The highest BCUT2D eigenvalue weighted by Gasteiger charge is 2.21. The van der Waals surface area contributed by atoms with Gasteiger partial charge in [-0.15, -0.1) is 0 Å². The lowest BCUT2D eigenvalue weighted by molar-refractivity contribution is -0.150. The van der Waals surface area contributed by atoms with Crippen LogP contribution in [0.2, 0.25) is 0 Å². The summed E-state index contributed by atoms with van der Waals surface area (Å²) in [6, 6.07) is 7.63. The number of carbonyl (C=O) groups is 1. The fourth-order valence-corrected chi connectivity index (χ4v) is 1.70. The molecule has 0 saturated heterocycles. The SMILES string of the molecule is CCCOC(C(=O)O)c1ccc(C(C)(C)C)cc1. The summed E-state index contributed by atoms with van der Waals surface area (Å²) in [5.41, 5.74) is 1.96. The van der Waals surface area contributed by atoms with Crippen LogP contribution in [-0.2, 0) is 14.9 Å². The standard InChI is InChI=1S/C15H22O3/c1-5-10-18-13(14(16)17)11-6-8-12(9-7-11)15(2,3)4/h6-9,13H,5,10H2,1-4H3,(H,16,17). The van der Waals surface area contributed by atoms with Gasteiger partial charge in [0.1, 0.15) is 0 Å². The quantitative estimate of drug-likeness (QED) is 0.869. The van der Waals surface area contributed by atoms with Gasteiger partial charge >= 0.3 is 5.97 Å². The zero-order valence-corrected chi connectivity index (χ0v) is 11.6. The predicted octanol–water partition coefficient (Wildman–Crippen LogP) is 3.54. The summed E-state index contributed by atoms with van der Waals surface area (Å²) in [6.45, 7) is 8.80. The Kier molecular flexibility index (Phi) is 4.91. The molecule has 0 aliphatic carbocycles. The van der Waals surface area contributed by atoms with Crippen LogP contribution in [0.3, 0.4) is 0 Å². The molecule has 0 aliphatic rings. The summed E-state index contributed by atoms with van der Waals surface area (Å²) >= 11 is 0. The molecule has 0 aromatic heterocycles. The molecule has 0 amide bonds. The number of carboxylic acids is 1. The molecule has 1 aromatic carbocycles. The monoisotopic (exact) mass is 250 g/mol. The highest BCUT2D eigenvalue weighted by Crippen LogP contribution is 2.25. The van der Waals surface area contributed by atoms with E-state index in [-0.39, 0.29) is 5.41 Å². The molecule has 1 aromatic rings. The highest BCUT2D eigenvalue weighted by atomic mass is 16.5. The van der Waals surface area contributed by atoms with E-state index in [4.69, 9.17) is 9.84 Å². The number of rotatable bonds is 5. The van der Waals surface area contributed by atoms with E-state index in [0.29, 0.717) is 12.2 Å². The van der Waals surface area contributed by atoms with Crippen molar-refractivity contribution in [1.29, 1.82) is 0 Å². The second-order valence-electron chi connectivity index (χ2n) is 5.46. The van der Waals surface area contributed by atoms with E-state index in [1.54, 1.807) is 0 Å². The van der Waals surface area contributed by atoms with E-state index < -0.39 is 12.1 Å². The molecular weight excluding hydrogens is 228 g/mol. The number of hydrogen-bond acceptors (Lipinski definition) is 2. The molecular formula is C15H22O3. The minimum Gasteiger partial charge on any atom is -0.479 e. The van der Waals surface area contributed by atoms with Crippen molar-refractivity contribution in [3.8, 4) is 0 Å². The molecule has 1 N–H and O–H groups in total. The molecule has 1 unspecified atom stereocenters. The van der Waals surface area contributed by atoms with E-state index in [1.807, 2.05) is 31.2 Å². The summed E-state index contributed by atoms with van der Waals surface area (Å²) in [4.78, 5) is 11.2. The average molecular weight is 250 g/mol. The first-order valence-corrected chi connectivity index (χ1v) is 6.31. The molecule has 1 atom stereocenters. The minimum atomic E-state index is -0.938. The molecule has 3 nitrogen and oxygen atoms in total. The summed E-state index contributed by atoms with van der Waals surface area (Å²) in [5.74, 6) is -0.938. The number of aliphatic carboxylic acids is 1. The number of hydrogen-bond donors (Lipinski definition) is 1. The first-order valence-electron chi connectivity index (χ1n) is 6.31.